The summed E-state index contributed by atoms with van der Waals surface area (Å²) in [4.78, 5) is 9.78. The first kappa shape index (κ1) is 22.4. The maximum absolute atomic E-state index is 5.40. The summed E-state index contributed by atoms with van der Waals surface area (Å²) in [6.45, 7) is 11.2. The topological polar surface area (TPSA) is 57.9 Å². The summed E-state index contributed by atoms with van der Waals surface area (Å²) in [5.74, 6) is 1.64. The number of aliphatic imine (C=N–C) groups is 1. The highest BCUT2D eigenvalue weighted by molar-refractivity contribution is 14.0. The van der Waals surface area contributed by atoms with E-state index in [4.69, 9.17) is 9.73 Å². The van der Waals surface area contributed by atoms with Crippen LogP contribution in [0.1, 0.15) is 37.7 Å². The molecule has 7 nitrogen and oxygen atoms in total. The first-order chi connectivity index (χ1) is 12.8. The number of ether oxygens (including phenoxy) is 1. The predicted octanol–water partition coefficient (Wildman–Crippen LogP) is 1.91. The molecule has 1 N–H and O–H groups in total. The average molecular weight is 490 g/mol. The summed E-state index contributed by atoms with van der Waals surface area (Å²) >= 11 is 0. The zero-order valence-corrected chi connectivity index (χ0v) is 19.1. The number of unbranched alkanes of at least 4 members (excludes halogenated alkanes) is 1. The van der Waals surface area contributed by atoms with Gasteiger partial charge < -0.3 is 15.0 Å². The fraction of sp³-hybridized carbons (Fsp3) is 0.789. The first-order valence-corrected chi connectivity index (χ1v) is 10.1. The van der Waals surface area contributed by atoms with E-state index in [-0.39, 0.29) is 24.0 Å². The largest absolute Gasteiger partial charge is 0.379 e. The van der Waals surface area contributed by atoms with E-state index in [1.807, 2.05) is 17.9 Å². The fourth-order valence-electron chi connectivity index (χ4n) is 3.76. The monoisotopic (exact) mass is 490 g/mol. The van der Waals surface area contributed by atoms with Crippen LogP contribution in [0.3, 0.4) is 0 Å². The van der Waals surface area contributed by atoms with Gasteiger partial charge in [-0.25, -0.2) is 0 Å². The smallest absolute Gasteiger partial charge is 0.193 e. The van der Waals surface area contributed by atoms with Gasteiger partial charge in [0.05, 0.1) is 19.4 Å². The van der Waals surface area contributed by atoms with Gasteiger partial charge in [-0.15, -0.1) is 24.0 Å². The Kier molecular flexibility index (Phi) is 9.84. The Balaban J connectivity index is 0.00000261. The zero-order chi connectivity index (χ0) is 18.2. The minimum Gasteiger partial charge on any atom is -0.379 e. The number of likely N-dealkylation sites (tertiary alicyclic amines) is 1. The van der Waals surface area contributed by atoms with Crippen molar-refractivity contribution in [2.24, 2.45) is 12.0 Å². The van der Waals surface area contributed by atoms with Gasteiger partial charge in [-0.2, -0.15) is 5.10 Å². The van der Waals surface area contributed by atoms with Crippen molar-refractivity contribution in [1.29, 1.82) is 0 Å². The molecule has 0 radical (unpaired) electrons. The van der Waals surface area contributed by atoms with E-state index in [1.165, 1.54) is 24.9 Å². The van der Waals surface area contributed by atoms with Crippen LogP contribution in [-0.2, 0) is 11.8 Å². The van der Waals surface area contributed by atoms with E-state index < -0.39 is 0 Å². The third kappa shape index (κ3) is 6.90. The van der Waals surface area contributed by atoms with Crippen molar-refractivity contribution in [3.8, 4) is 0 Å². The number of hydrogen-bond donors (Lipinski definition) is 1. The number of hydrogen-bond acceptors (Lipinski definition) is 4. The summed E-state index contributed by atoms with van der Waals surface area (Å²) in [6, 6.07) is 0. The highest BCUT2D eigenvalue weighted by atomic mass is 127. The van der Waals surface area contributed by atoms with Crippen LogP contribution in [0.4, 0.5) is 0 Å². The van der Waals surface area contributed by atoms with Crippen molar-refractivity contribution >= 4 is 29.9 Å². The summed E-state index contributed by atoms with van der Waals surface area (Å²) in [5, 5.41) is 7.79. The zero-order valence-electron chi connectivity index (χ0n) is 16.8. The molecule has 8 heteroatoms. The molecule has 0 amide bonds. The van der Waals surface area contributed by atoms with E-state index in [0.717, 1.165) is 64.9 Å². The molecule has 2 saturated heterocycles. The molecule has 0 aliphatic carbocycles. The predicted molar refractivity (Wildman–Crippen MR) is 120 cm³/mol. The molecule has 2 aliphatic rings. The van der Waals surface area contributed by atoms with Crippen LogP contribution in [0, 0.1) is 0 Å². The summed E-state index contributed by atoms with van der Waals surface area (Å²) in [6.07, 6.45) is 7.67. The highest BCUT2D eigenvalue weighted by Gasteiger charge is 2.26. The lowest BCUT2D eigenvalue weighted by molar-refractivity contribution is 0.0373. The maximum atomic E-state index is 5.40. The van der Waals surface area contributed by atoms with Gasteiger partial charge in [0, 0.05) is 58.4 Å². The molecule has 0 spiro atoms. The normalized spacial score (nSPS) is 21.3. The van der Waals surface area contributed by atoms with Crippen LogP contribution in [0.25, 0.3) is 0 Å². The Morgan fingerprint density at radius 3 is 2.81 bits per heavy atom. The Hall–Kier alpha value is -0.870. The second-order valence-corrected chi connectivity index (χ2v) is 7.28. The molecule has 1 aromatic heterocycles. The second kappa shape index (κ2) is 11.9. The van der Waals surface area contributed by atoms with Crippen molar-refractivity contribution in [2.75, 3.05) is 59.0 Å². The van der Waals surface area contributed by atoms with Crippen LogP contribution in [-0.4, -0.2) is 84.6 Å². The van der Waals surface area contributed by atoms with Crippen molar-refractivity contribution in [3.05, 3.63) is 18.0 Å². The van der Waals surface area contributed by atoms with Crippen LogP contribution < -0.4 is 5.32 Å². The SMILES string of the molecule is CCNC(=NCCCCN1CCOCC1)N1CCC(c2cnn(C)c2)C1.I. The van der Waals surface area contributed by atoms with Gasteiger partial charge in [0.25, 0.3) is 0 Å². The van der Waals surface area contributed by atoms with Gasteiger partial charge >= 0.3 is 0 Å². The Morgan fingerprint density at radius 2 is 2.11 bits per heavy atom. The van der Waals surface area contributed by atoms with Crippen LogP contribution >= 0.6 is 24.0 Å². The van der Waals surface area contributed by atoms with Crippen molar-refractivity contribution in [2.45, 2.75) is 32.1 Å². The fourth-order valence-corrected chi connectivity index (χ4v) is 3.76. The molecule has 0 bridgehead atoms. The maximum Gasteiger partial charge on any atom is 0.193 e. The Bertz CT molecular complexity index is 572. The van der Waals surface area contributed by atoms with Crippen LogP contribution in [0.15, 0.2) is 17.4 Å². The average Bonchev–Trinajstić information content (AvgIpc) is 3.30. The lowest BCUT2D eigenvalue weighted by Gasteiger charge is -2.26. The van der Waals surface area contributed by atoms with Gasteiger partial charge in [-0.1, -0.05) is 0 Å². The number of morpholine rings is 1. The molecular weight excluding hydrogens is 455 g/mol. The van der Waals surface area contributed by atoms with E-state index in [0.29, 0.717) is 5.92 Å². The third-order valence-corrected chi connectivity index (χ3v) is 5.27. The minimum atomic E-state index is 0. The molecule has 2 fully saturated rings. The first-order valence-electron chi connectivity index (χ1n) is 10.1. The molecule has 27 heavy (non-hydrogen) atoms. The number of halogens is 1. The van der Waals surface area contributed by atoms with Crippen molar-refractivity contribution in [1.82, 2.24) is 24.9 Å². The Labute approximate surface area is 180 Å². The molecule has 0 aromatic carbocycles. The van der Waals surface area contributed by atoms with Gasteiger partial charge in [-0.3, -0.25) is 14.6 Å². The van der Waals surface area contributed by atoms with Gasteiger partial charge in [-0.05, 0) is 38.3 Å². The van der Waals surface area contributed by atoms with Gasteiger partial charge in [0.1, 0.15) is 0 Å². The van der Waals surface area contributed by atoms with Crippen molar-refractivity contribution in [3.63, 3.8) is 0 Å². The lowest BCUT2D eigenvalue weighted by Crippen LogP contribution is -2.40. The van der Waals surface area contributed by atoms with E-state index in [1.54, 1.807) is 0 Å². The molecule has 3 heterocycles. The lowest BCUT2D eigenvalue weighted by atomic mass is 10.0. The van der Waals surface area contributed by atoms with Crippen LogP contribution in [0.5, 0.6) is 0 Å². The number of nitrogens with zero attached hydrogens (tertiary/aromatic N) is 5. The summed E-state index contributed by atoms with van der Waals surface area (Å²) in [7, 11) is 1.98. The number of nitrogens with one attached hydrogen (secondary N) is 1. The standard InChI is InChI=1S/C19H34N6O.HI/c1-3-20-19(21-7-4-5-8-24-10-12-26-13-11-24)25-9-6-17(16-25)18-14-22-23(2)15-18;/h14-15,17H,3-13,16H2,1-2H3,(H,20,21);1H. The Morgan fingerprint density at radius 1 is 1.30 bits per heavy atom. The molecular formula is C19H35IN6O. The quantitative estimate of drug-likeness (QED) is 0.274. The number of aromatic nitrogens is 2. The van der Waals surface area contributed by atoms with E-state index in [2.05, 4.69) is 33.3 Å². The minimum absolute atomic E-state index is 0. The van der Waals surface area contributed by atoms with Crippen LogP contribution in [0.2, 0.25) is 0 Å². The summed E-state index contributed by atoms with van der Waals surface area (Å²) in [5.41, 5.74) is 1.34. The molecule has 1 unspecified atom stereocenters. The number of rotatable bonds is 7. The molecule has 1 aromatic rings. The molecule has 2 aliphatic heterocycles. The molecule has 1 atom stereocenters. The molecule has 0 saturated carbocycles. The highest BCUT2D eigenvalue weighted by Crippen LogP contribution is 2.26. The second-order valence-electron chi connectivity index (χ2n) is 7.28. The van der Waals surface area contributed by atoms with E-state index in [9.17, 15) is 0 Å². The van der Waals surface area contributed by atoms with E-state index >= 15 is 0 Å². The molecule has 154 valence electrons. The summed E-state index contributed by atoms with van der Waals surface area (Å²) < 4.78 is 7.30. The number of aryl methyl sites for hydroxylation is 1. The van der Waals surface area contributed by atoms with Gasteiger partial charge in [0.2, 0.25) is 0 Å². The van der Waals surface area contributed by atoms with Gasteiger partial charge in [0.15, 0.2) is 5.96 Å². The third-order valence-electron chi connectivity index (χ3n) is 5.27. The number of guanidine groups is 1. The molecule has 3 rings (SSSR count). The van der Waals surface area contributed by atoms with Crippen molar-refractivity contribution < 1.29 is 4.74 Å².